The van der Waals surface area contributed by atoms with E-state index < -0.39 is 11.9 Å². The van der Waals surface area contributed by atoms with E-state index >= 15 is 0 Å². The van der Waals surface area contributed by atoms with Crippen molar-refractivity contribution in [1.29, 1.82) is 0 Å². The number of aromatic carboxylic acids is 2. The number of carboxylic acids is 2. The average molecular weight is 502 g/mol. The standard InChI is InChI=1S/2C7H6O3.2C4H6N2.Cu/c2*8-6-4-2-1-3-5(6)7(9)10;2*1-6-3-2-5-4-6;/h2*1-4,8H,(H,9,10);2*2-4H,1H3;/q;;;;+2/p-2. The van der Waals surface area contributed by atoms with Crippen molar-refractivity contribution in [3.05, 3.63) is 97.1 Å². The zero-order chi connectivity index (χ0) is 23.9. The third kappa shape index (κ3) is 11.8. The molecule has 0 saturated carbocycles. The number of aromatic nitrogens is 4. The van der Waals surface area contributed by atoms with Crippen molar-refractivity contribution in [3.8, 4) is 11.5 Å². The fourth-order valence-corrected chi connectivity index (χ4v) is 1.94. The number of imidazole rings is 2. The third-order valence-corrected chi connectivity index (χ3v) is 3.52. The number of carbonyl (C=O) groups is 2. The van der Waals surface area contributed by atoms with Gasteiger partial charge in [0.2, 0.25) is 0 Å². The van der Waals surface area contributed by atoms with Crippen molar-refractivity contribution in [2.45, 2.75) is 0 Å². The minimum Gasteiger partial charge on any atom is -0.545 e. The molecule has 0 aliphatic carbocycles. The molecule has 1 radical (unpaired) electrons. The van der Waals surface area contributed by atoms with Crippen LogP contribution in [0.25, 0.3) is 0 Å². The molecule has 4 rings (SSSR count). The Kier molecular flexibility index (Phi) is 13.7. The van der Waals surface area contributed by atoms with E-state index in [0.29, 0.717) is 0 Å². The molecule has 33 heavy (non-hydrogen) atoms. The second-order valence-corrected chi connectivity index (χ2v) is 6.07. The molecular weight excluding hydrogens is 480 g/mol. The molecule has 0 bridgehead atoms. The van der Waals surface area contributed by atoms with Gasteiger partial charge in [-0.15, -0.1) is 0 Å². The monoisotopic (exact) mass is 501 g/mol. The summed E-state index contributed by atoms with van der Waals surface area (Å²) in [6.45, 7) is 0. The average Bonchev–Trinajstić information content (AvgIpc) is 3.43. The fraction of sp³-hybridized carbons (Fsp3) is 0.0909. The summed E-state index contributed by atoms with van der Waals surface area (Å²) in [5.74, 6) is -3.25. The van der Waals surface area contributed by atoms with Crippen LogP contribution < -0.4 is 10.2 Å². The predicted octanol–water partition coefficient (Wildman–Crippen LogP) is 0.349. The summed E-state index contributed by atoms with van der Waals surface area (Å²) in [7, 11) is 3.88. The largest absolute Gasteiger partial charge is 2.00 e. The van der Waals surface area contributed by atoms with Gasteiger partial charge in [-0.25, -0.2) is 9.97 Å². The number of hydrogen-bond donors (Lipinski definition) is 2. The number of hydrogen-bond acceptors (Lipinski definition) is 8. The normalized spacial score (nSPS) is 8.79. The van der Waals surface area contributed by atoms with E-state index in [2.05, 4.69) is 9.97 Å². The van der Waals surface area contributed by atoms with Gasteiger partial charge in [-0.05, 0) is 24.3 Å². The molecule has 0 atom stereocenters. The molecule has 2 aromatic carbocycles. The second kappa shape index (κ2) is 15.7. The van der Waals surface area contributed by atoms with Crippen LogP contribution in [-0.4, -0.2) is 41.3 Å². The summed E-state index contributed by atoms with van der Waals surface area (Å²) >= 11 is 0. The first-order chi connectivity index (χ1) is 15.2. The Morgan fingerprint density at radius 2 is 1.06 bits per heavy atom. The van der Waals surface area contributed by atoms with Crippen LogP contribution in [0.3, 0.4) is 0 Å². The maximum atomic E-state index is 10.2. The van der Waals surface area contributed by atoms with E-state index in [-0.39, 0.29) is 39.7 Å². The van der Waals surface area contributed by atoms with Crippen LogP contribution in [0.15, 0.2) is 86.0 Å². The first kappa shape index (κ1) is 28.9. The maximum absolute atomic E-state index is 10.2. The van der Waals surface area contributed by atoms with Crippen molar-refractivity contribution in [2.75, 3.05) is 0 Å². The van der Waals surface area contributed by atoms with Gasteiger partial charge in [-0.2, -0.15) is 0 Å². The molecule has 177 valence electrons. The molecule has 2 heterocycles. The Morgan fingerprint density at radius 1 is 0.727 bits per heavy atom. The third-order valence-electron chi connectivity index (χ3n) is 3.52. The summed E-state index contributed by atoms with van der Waals surface area (Å²) in [6, 6.07) is 11.3. The number of aryl methyl sites for hydroxylation is 2. The number of carbonyl (C=O) groups excluding carboxylic acids is 2. The van der Waals surface area contributed by atoms with Crippen LogP contribution in [0.2, 0.25) is 0 Å². The molecule has 2 aromatic heterocycles. The Hall–Kier alpha value is -4.08. The zero-order valence-electron chi connectivity index (χ0n) is 17.7. The van der Waals surface area contributed by atoms with E-state index in [9.17, 15) is 19.8 Å². The SMILES string of the molecule is Cn1ccnc1.Cn1ccnc1.O=C([O-])c1ccccc1O.O=C([O-])c1ccccc1O.[Cu+2]. The number of carboxylic acid groups (broad SMARTS) is 2. The minimum atomic E-state index is -1.36. The number of aromatic hydroxyl groups is 2. The van der Waals surface area contributed by atoms with Gasteiger partial charge in [-0.3, -0.25) is 0 Å². The van der Waals surface area contributed by atoms with Gasteiger partial charge >= 0.3 is 17.1 Å². The van der Waals surface area contributed by atoms with E-state index in [0.717, 1.165) is 0 Å². The van der Waals surface area contributed by atoms with Crippen LogP contribution >= 0.6 is 0 Å². The molecule has 0 fully saturated rings. The summed E-state index contributed by atoms with van der Waals surface area (Å²) in [5, 5.41) is 38.0. The summed E-state index contributed by atoms with van der Waals surface area (Å²) in [5.41, 5.74) is -0.356. The van der Waals surface area contributed by atoms with E-state index in [1.807, 2.05) is 35.6 Å². The second-order valence-electron chi connectivity index (χ2n) is 6.07. The van der Waals surface area contributed by atoms with Gasteiger partial charge in [-0.1, -0.05) is 24.3 Å². The quantitative estimate of drug-likeness (QED) is 0.372. The van der Waals surface area contributed by atoms with E-state index in [1.54, 1.807) is 37.2 Å². The Balaban J connectivity index is 0.000000420. The van der Waals surface area contributed by atoms with Crippen LogP contribution in [0.5, 0.6) is 11.5 Å². The number of phenols is 2. The number of para-hydroxylation sites is 2. The van der Waals surface area contributed by atoms with Gasteiger partial charge in [0.1, 0.15) is 11.5 Å². The molecular formula is C22H22CuN4O6. The maximum Gasteiger partial charge on any atom is 2.00 e. The topological polar surface area (TPSA) is 156 Å². The molecule has 2 N–H and O–H groups in total. The van der Waals surface area contributed by atoms with Crippen LogP contribution in [0.1, 0.15) is 20.7 Å². The molecule has 0 amide bonds. The Labute approximate surface area is 200 Å². The van der Waals surface area contributed by atoms with E-state index in [1.165, 1.54) is 36.4 Å². The zero-order valence-corrected chi connectivity index (χ0v) is 18.6. The fourth-order valence-electron chi connectivity index (χ4n) is 1.94. The van der Waals surface area contributed by atoms with Crippen molar-refractivity contribution in [3.63, 3.8) is 0 Å². The Bertz CT molecular complexity index is 998. The van der Waals surface area contributed by atoms with Crippen LogP contribution in [0.4, 0.5) is 0 Å². The summed E-state index contributed by atoms with van der Waals surface area (Å²) in [6.07, 6.45) is 10.8. The molecule has 0 saturated heterocycles. The van der Waals surface area contributed by atoms with Gasteiger partial charge in [0, 0.05) is 50.0 Å². The van der Waals surface area contributed by atoms with Gasteiger partial charge < -0.3 is 39.1 Å². The van der Waals surface area contributed by atoms with Gasteiger partial charge in [0.25, 0.3) is 0 Å². The number of rotatable bonds is 2. The van der Waals surface area contributed by atoms with E-state index in [4.69, 9.17) is 10.2 Å². The molecule has 4 aromatic rings. The number of benzene rings is 2. The predicted molar refractivity (Wildman–Crippen MR) is 111 cm³/mol. The van der Waals surface area contributed by atoms with Gasteiger partial charge in [0.15, 0.2) is 0 Å². The van der Waals surface area contributed by atoms with Crippen molar-refractivity contribution in [1.82, 2.24) is 19.1 Å². The summed E-state index contributed by atoms with van der Waals surface area (Å²) in [4.78, 5) is 27.9. The molecule has 10 nitrogen and oxygen atoms in total. The first-order valence-electron chi connectivity index (χ1n) is 9.05. The van der Waals surface area contributed by atoms with Gasteiger partial charge in [0.05, 0.1) is 24.6 Å². The first-order valence-corrected chi connectivity index (χ1v) is 9.05. The smallest absolute Gasteiger partial charge is 0.545 e. The van der Waals surface area contributed by atoms with Crippen molar-refractivity contribution in [2.24, 2.45) is 14.1 Å². The minimum absolute atomic E-state index is 0. The molecule has 0 aliphatic heterocycles. The van der Waals surface area contributed by atoms with Crippen LogP contribution in [0, 0.1) is 0 Å². The van der Waals surface area contributed by atoms with Crippen molar-refractivity contribution >= 4 is 11.9 Å². The number of nitrogens with zero attached hydrogens (tertiary/aromatic N) is 4. The van der Waals surface area contributed by atoms with Crippen molar-refractivity contribution < 1.29 is 47.1 Å². The molecule has 0 unspecified atom stereocenters. The molecule has 0 spiro atoms. The Morgan fingerprint density at radius 3 is 1.21 bits per heavy atom. The molecule has 11 heteroatoms. The summed E-state index contributed by atoms with van der Waals surface area (Å²) < 4.78 is 3.78. The molecule has 0 aliphatic rings. The van der Waals surface area contributed by atoms with Crippen LogP contribution in [-0.2, 0) is 31.2 Å².